The Kier molecular flexibility index (Phi) is 6.82. The highest BCUT2D eigenvalue weighted by molar-refractivity contribution is 6.36. The second kappa shape index (κ2) is 12.1. The van der Waals surface area contributed by atoms with E-state index in [2.05, 4.69) is 191 Å². The Morgan fingerprint density at radius 1 is 0.315 bits per heavy atom. The number of rotatable bonds is 5. The van der Waals surface area contributed by atoms with E-state index in [0.29, 0.717) is 5.95 Å². The van der Waals surface area contributed by atoms with Crippen molar-refractivity contribution >= 4 is 54.4 Å². The fraction of sp³-hybridized carbons (Fsp3) is 0. The lowest BCUT2D eigenvalue weighted by atomic mass is 9.94. The third-order valence-electron chi connectivity index (χ3n) is 10.8. The first-order valence-electron chi connectivity index (χ1n) is 18.3. The lowest BCUT2D eigenvalue weighted by molar-refractivity contribution is 0.990. The molecule has 11 aromatic rings. The number of aromatic nitrogens is 4. The fourth-order valence-corrected chi connectivity index (χ4v) is 8.42. The zero-order chi connectivity index (χ0) is 35.6. The van der Waals surface area contributed by atoms with Crippen LogP contribution in [0.4, 0.5) is 0 Å². The molecule has 0 unspecified atom stereocenters. The minimum absolute atomic E-state index is 0.633. The van der Waals surface area contributed by atoms with Gasteiger partial charge in [-0.25, -0.2) is 9.97 Å². The van der Waals surface area contributed by atoms with Crippen LogP contribution in [0.3, 0.4) is 0 Å². The SMILES string of the molecule is c1ccc(-c2cc(-c3ccccc3)cc(-c3cnc(-n4c5ccccc5c5c6ccccc6c6c7ccccc7n(-c7ccccc7)c6c54)nc3)c2)cc1. The summed E-state index contributed by atoms with van der Waals surface area (Å²) in [5, 5.41) is 7.27. The van der Waals surface area contributed by atoms with E-state index in [1.165, 1.54) is 43.4 Å². The maximum atomic E-state index is 5.19. The van der Waals surface area contributed by atoms with Gasteiger partial charge in [0.05, 0.1) is 22.1 Å². The minimum atomic E-state index is 0.633. The Hall–Kier alpha value is -7.30. The maximum absolute atomic E-state index is 5.19. The summed E-state index contributed by atoms with van der Waals surface area (Å²) < 4.78 is 4.70. The average Bonchev–Trinajstić information content (AvgIpc) is 3.79. The summed E-state index contributed by atoms with van der Waals surface area (Å²) in [6.07, 6.45) is 3.96. The summed E-state index contributed by atoms with van der Waals surface area (Å²) in [6.45, 7) is 0. The number of nitrogens with zero attached hydrogens (tertiary/aromatic N) is 4. The molecule has 0 fully saturated rings. The molecule has 3 heterocycles. The normalized spacial score (nSPS) is 11.7. The number of fused-ring (bicyclic) bond motifs is 10. The van der Waals surface area contributed by atoms with Gasteiger partial charge in [0, 0.05) is 45.2 Å². The molecule has 54 heavy (non-hydrogen) atoms. The molecule has 0 radical (unpaired) electrons. The van der Waals surface area contributed by atoms with Crippen molar-refractivity contribution in [2.24, 2.45) is 0 Å². The molecular weight excluding hydrogens is 657 g/mol. The second-order valence-corrected chi connectivity index (χ2v) is 13.8. The first kappa shape index (κ1) is 30.3. The van der Waals surface area contributed by atoms with Crippen molar-refractivity contribution in [1.29, 1.82) is 0 Å². The molecule has 0 atom stereocenters. The van der Waals surface area contributed by atoms with Crippen LogP contribution < -0.4 is 0 Å². The summed E-state index contributed by atoms with van der Waals surface area (Å²) >= 11 is 0. The molecule has 4 heteroatoms. The quantitative estimate of drug-likeness (QED) is 0.180. The van der Waals surface area contributed by atoms with Crippen LogP contribution in [-0.4, -0.2) is 19.1 Å². The van der Waals surface area contributed by atoms with Gasteiger partial charge in [-0.1, -0.05) is 140 Å². The molecule has 0 spiro atoms. The van der Waals surface area contributed by atoms with Gasteiger partial charge in [0.15, 0.2) is 0 Å². The van der Waals surface area contributed by atoms with Crippen LogP contribution in [0.15, 0.2) is 194 Å². The largest absolute Gasteiger partial charge is 0.307 e. The van der Waals surface area contributed by atoms with Gasteiger partial charge >= 0.3 is 0 Å². The van der Waals surface area contributed by atoms with E-state index in [1.54, 1.807) is 0 Å². The summed E-state index contributed by atoms with van der Waals surface area (Å²) in [4.78, 5) is 10.4. The topological polar surface area (TPSA) is 35.6 Å². The molecule has 11 rings (SSSR count). The van der Waals surface area contributed by atoms with Crippen LogP contribution in [0.2, 0.25) is 0 Å². The van der Waals surface area contributed by atoms with Gasteiger partial charge in [0.25, 0.3) is 0 Å². The van der Waals surface area contributed by atoms with E-state index >= 15 is 0 Å². The van der Waals surface area contributed by atoms with Crippen LogP contribution in [-0.2, 0) is 0 Å². The van der Waals surface area contributed by atoms with Crippen LogP contribution in [0.25, 0.3) is 99.4 Å². The van der Waals surface area contributed by atoms with E-state index in [0.717, 1.165) is 50.0 Å². The summed E-state index contributed by atoms with van der Waals surface area (Å²) in [6, 6.07) is 64.8. The Labute approximate surface area is 311 Å². The van der Waals surface area contributed by atoms with Crippen molar-refractivity contribution in [1.82, 2.24) is 19.1 Å². The molecule has 8 aromatic carbocycles. The van der Waals surface area contributed by atoms with Crippen LogP contribution in [0.5, 0.6) is 0 Å². The first-order chi connectivity index (χ1) is 26.8. The van der Waals surface area contributed by atoms with Crippen LogP contribution in [0.1, 0.15) is 0 Å². The fourth-order valence-electron chi connectivity index (χ4n) is 8.42. The molecule has 0 saturated carbocycles. The minimum Gasteiger partial charge on any atom is -0.307 e. The predicted octanol–water partition coefficient (Wildman–Crippen LogP) is 12.8. The molecule has 0 aliphatic carbocycles. The molecule has 0 aliphatic heterocycles. The third-order valence-corrected chi connectivity index (χ3v) is 10.8. The highest BCUT2D eigenvalue weighted by Gasteiger charge is 2.25. The van der Waals surface area contributed by atoms with Crippen molar-refractivity contribution in [2.45, 2.75) is 0 Å². The van der Waals surface area contributed by atoms with Crippen LogP contribution in [0, 0.1) is 0 Å². The third kappa shape index (κ3) is 4.64. The summed E-state index contributed by atoms with van der Waals surface area (Å²) in [7, 11) is 0. The Morgan fingerprint density at radius 2 is 0.704 bits per heavy atom. The standard InChI is InChI=1S/C50H32N4/c1-4-16-33(17-5-1)35-28-36(34-18-6-2-7-19-34)30-37(29-35)38-31-51-50(52-32-38)54-45-27-15-13-25-43(45)47-41-23-11-10-22-40(41)46-42-24-12-14-26-44(42)53(48(46)49(47)54)39-20-8-3-9-21-39/h1-32H. The van der Waals surface area contributed by atoms with Gasteiger partial charge in [0.2, 0.25) is 5.95 Å². The number of para-hydroxylation sites is 3. The van der Waals surface area contributed by atoms with Gasteiger partial charge in [-0.15, -0.1) is 0 Å². The second-order valence-electron chi connectivity index (χ2n) is 13.8. The van der Waals surface area contributed by atoms with E-state index in [1.807, 2.05) is 12.4 Å². The van der Waals surface area contributed by atoms with Crippen molar-refractivity contribution < 1.29 is 0 Å². The lowest BCUT2D eigenvalue weighted by Gasteiger charge is -2.14. The van der Waals surface area contributed by atoms with E-state index < -0.39 is 0 Å². The predicted molar refractivity (Wildman–Crippen MR) is 225 cm³/mol. The molecule has 4 nitrogen and oxygen atoms in total. The molecule has 0 amide bonds. The average molecular weight is 689 g/mol. The molecule has 252 valence electrons. The lowest BCUT2D eigenvalue weighted by Crippen LogP contribution is -2.03. The van der Waals surface area contributed by atoms with Gasteiger partial charge in [0.1, 0.15) is 0 Å². The smallest absolute Gasteiger partial charge is 0.234 e. The molecule has 0 aliphatic rings. The number of hydrogen-bond donors (Lipinski definition) is 0. The molecule has 0 N–H and O–H groups in total. The zero-order valence-corrected chi connectivity index (χ0v) is 29.3. The number of benzene rings is 8. The number of hydrogen-bond acceptors (Lipinski definition) is 2. The van der Waals surface area contributed by atoms with Gasteiger partial charge in [-0.2, -0.15) is 0 Å². The maximum Gasteiger partial charge on any atom is 0.234 e. The monoisotopic (exact) mass is 688 g/mol. The highest BCUT2D eigenvalue weighted by atomic mass is 15.2. The highest BCUT2D eigenvalue weighted by Crippen LogP contribution is 2.46. The van der Waals surface area contributed by atoms with E-state index in [-0.39, 0.29) is 0 Å². The Bertz CT molecular complexity index is 3120. The summed E-state index contributed by atoms with van der Waals surface area (Å²) in [5.41, 5.74) is 12.3. The molecule has 0 bridgehead atoms. The van der Waals surface area contributed by atoms with Crippen molar-refractivity contribution in [3.63, 3.8) is 0 Å². The van der Waals surface area contributed by atoms with Crippen molar-refractivity contribution in [3.05, 3.63) is 194 Å². The van der Waals surface area contributed by atoms with Crippen LogP contribution >= 0.6 is 0 Å². The Balaban J connectivity index is 1.20. The molecule has 0 saturated heterocycles. The molecule has 3 aromatic heterocycles. The van der Waals surface area contributed by atoms with Gasteiger partial charge in [-0.05, 0) is 81.1 Å². The first-order valence-corrected chi connectivity index (χ1v) is 18.3. The van der Waals surface area contributed by atoms with Gasteiger partial charge in [-0.3, -0.25) is 4.57 Å². The van der Waals surface area contributed by atoms with E-state index in [9.17, 15) is 0 Å². The zero-order valence-electron chi connectivity index (χ0n) is 29.3. The van der Waals surface area contributed by atoms with E-state index in [4.69, 9.17) is 9.97 Å². The van der Waals surface area contributed by atoms with Crippen molar-refractivity contribution in [3.8, 4) is 45.0 Å². The van der Waals surface area contributed by atoms with Gasteiger partial charge < -0.3 is 4.57 Å². The molecular formula is C50H32N4. The van der Waals surface area contributed by atoms with Crippen molar-refractivity contribution in [2.75, 3.05) is 0 Å². The summed E-state index contributed by atoms with van der Waals surface area (Å²) in [5.74, 6) is 0.633. The Morgan fingerprint density at radius 3 is 1.22 bits per heavy atom.